The molecule has 0 bridgehead atoms. The fourth-order valence-corrected chi connectivity index (χ4v) is 4.03. The van der Waals surface area contributed by atoms with Gasteiger partial charge in [0.1, 0.15) is 30.6 Å². The van der Waals surface area contributed by atoms with Gasteiger partial charge in [0.2, 0.25) is 5.88 Å². The van der Waals surface area contributed by atoms with E-state index in [-0.39, 0.29) is 17.9 Å². The van der Waals surface area contributed by atoms with Gasteiger partial charge in [-0.25, -0.2) is 9.18 Å². The Kier molecular flexibility index (Phi) is 9.51. The Labute approximate surface area is 225 Å². The third-order valence-corrected chi connectivity index (χ3v) is 5.95. The van der Waals surface area contributed by atoms with Crippen molar-refractivity contribution in [2.75, 3.05) is 20.3 Å². The minimum absolute atomic E-state index is 0.0465. The molecule has 0 radical (unpaired) electrons. The molecule has 3 rings (SSSR count). The summed E-state index contributed by atoms with van der Waals surface area (Å²) in [5.41, 5.74) is -1.90. The number of alkyl halides is 3. The maximum Gasteiger partial charge on any atom is 0.508 e. The number of aliphatic hydroxyl groups is 4. The van der Waals surface area contributed by atoms with Crippen LogP contribution in [0.4, 0.5) is 22.4 Å². The Morgan fingerprint density at radius 2 is 1.88 bits per heavy atom. The van der Waals surface area contributed by atoms with Gasteiger partial charge < -0.3 is 44.1 Å². The van der Waals surface area contributed by atoms with Crippen LogP contribution < -0.4 is 9.47 Å². The molecule has 2 aromatic rings. The fourth-order valence-electron chi connectivity index (χ4n) is 4.03. The smallest absolute Gasteiger partial charge is 0.494 e. The van der Waals surface area contributed by atoms with Crippen LogP contribution in [0.3, 0.4) is 0 Å². The first-order valence-electron chi connectivity index (χ1n) is 12.1. The molecular weight excluding hydrogens is 552 g/mol. The number of halogens is 4. The van der Waals surface area contributed by atoms with Crippen LogP contribution in [-0.2, 0) is 26.8 Å². The van der Waals surface area contributed by atoms with E-state index in [1.54, 1.807) is 0 Å². The lowest BCUT2D eigenvalue weighted by Gasteiger charge is -2.44. The van der Waals surface area contributed by atoms with Crippen molar-refractivity contribution in [1.82, 2.24) is 9.78 Å². The Morgan fingerprint density at radius 1 is 1.20 bits per heavy atom. The highest BCUT2D eigenvalue weighted by Gasteiger charge is 2.56. The van der Waals surface area contributed by atoms with Gasteiger partial charge in [-0.3, -0.25) is 4.68 Å². The van der Waals surface area contributed by atoms with E-state index in [4.69, 9.17) is 18.9 Å². The number of rotatable bonds is 9. The zero-order valence-corrected chi connectivity index (χ0v) is 21.9. The third kappa shape index (κ3) is 6.58. The molecule has 1 saturated heterocycles. The Balaban J connectivity index is 2.04. The lowest BCUT2D eigenvalue weighted by atomic mass is 9.97. The molecule has 12 nitrogen and oxygen atoms in total. The molecule has 1 aliphatic heterocycles. The zero-order chi connectivity index (χ0) is 30.0. The van der Waals surface area contributed by atoms with Crippen LogP contribution in [0.25, 0.3) is 0 Å². The summed E-state index contributed by atoms with van der Waals surface area (Å²) in [6.07, 6.45) is -15.0. The Hall–Kier alpha value is -3.18. The third-order valence-electron chi connectivity index (χ3n) is 5.95. The van der Waals surface area contributed by atoms with Crippen molar-refractivity contribution in [3.63, 3.8) is 0 Å². The largest absolute Gasteiger partial charge is 0.508 e. The lowest BCUT2D eigenvalue weighted by Crippen LogP contribution is -2.67. The van der Waals surface area contributed by atoms with Gasteiger partial charge in [-0.2, -0.15) is 13.2 Å². The Morgan fingerprint density at radius 3 is 2.42 bits per heavy atom. The molecule has 0 unspecified atom stereocenters. The summed E-state index contributed by atoms with van der Waals surface area (Å²) in [6.45, 7) is 3.42. The molecule has 40 heavy (non-hydrogen) atoms. The molecular formula is C24H30F4N2O10. The summed E-state index contributed by atoms with van der Waals surface area (Å²) in [6, 6.07) is 2.57. The summed E-state index contributed by atoms with van der Waals surface area (Å²) >= 11 is 0. The summed E-state index contributed by atoms with van der Waals surface area (Å²) in [5, 5.41) is 45.9. The second kappa shape index (κ2) is 12.1. The molecule has 16 heteroatoms. The number of hydrogen-bond donors (Lipinski definition) is 4. The van der Waals surface area contributed by atoms with Gasteiger partial charge in [-0.05, 0) is 38.5 Å². The maximum absolute atomic E-state index is 14.3. The van der Waals surface area contributed by atoms with Crippen LogP contribution in [0, 0.1) is 5.82 Å². The van der Waals surface area contributed by atoms with Gasteiger partial charge in [0.15, 0.2) is 17.7 Å². The molecule has 0 aliphatic carbocycles. The van der Waals surface area contributed by atoms with Crippen LogP contribution in [-0.4, -0.2) is 87.1 Å². The highest BCUT2D eigenvalue weighted by Crippen LogP contribution is 2.41. The van der Waals surface area contributed by atoms with Gasteiger partial charge in [-0.15, -0.1) is 5.10 Å². The van der Waals surface area contributed by atoms with E-state index in [1.165, 1.54) is 40.0 Å². The van der Waals surface area contributed by atoms with Crippen molar-refractivity contribution in [2.45, 2.75) is 69.8 Å². The minimum Gasteiger partial charge on any atom is -0.494 e. The molecule has 1 aliphatic rings. The van der Waals surface area contributed by atoms with E-state index in [0.717, 1.165) is 6.07 Å². The predicted octanol–water partition coefficient (Wildman–Crippen LogP) is 1.90. The molecule has 224 valence electrons. The molecule has 0 spiro atoms. The molecule has 5 atom stereocenters. The standard InChI is InChI=1S/C24H30F4N2O10/c1-5-37-22(34)38-10-16-17(31)18(32)20(33)24(35,39-16)40-21-13(8-12-6-7-15(36-4)14(25)9-12)19(23(26,27)28)30(29-21)11(2)3/h6-7,9,11,16-18,20,31-33,35H,5,8,10H2,1-4H3/t16-,17-,18+,20-,24+/m1/s1. The minimum atomic E-state index is -5.00. The topological polar surface area (TPSA) is 162 Å². The summed E-state index contributed by atoms with van der Waals surface area (Å²) < 4.78 is 82.3. The highest BCUT2D eigenvalue weighted by molar-refractivity contribution is 5.59. The van der Waals surface area contributed by atoms with Crippen LogP contribution >= 0.6 is 0 Å². The van der Waals surface area contributed by atoms with Gasteiger partial charge in [0.25, 0.3) is 0 Å². The first-order valence-corrected chi connectivity index (χ1v) is 12.1. The van der Waals surface area contributed by atoms with Gasteiger partial charge in [-0.1, -0.05) is 6.07 Å². The van der Waals surface area contributed by atoms with Crippen LogP contribution in [0.2, 0.25) is 0 Å². The summed E-state index contributed by atoms with van der Waals surface area (Å²) in [5.74, 6) is -5.14. The average Bonchev–Trinajstić information content (AvgIpc) is 3.23. The number of methoxy groups -OCH3 is 1. The monoisotopic (exact) mass is 582 g/mol. The quantitative estimate of drug-likeness (QED) is 0.194. The van der Waals surface area contributed by atoms with Crippen molar-refractivity contribution in [1.29, 1.82) is 0 Å². The number of aromatic nitrogens is 2. The van der Waals surface area contributed by atoms with E-state index in [1.807, 2.05) is 0 Å². The van der Waals surface area contributed by atoms with E-state index in [9.17, 15) is 42.8 Å². The number of benzene rings is 1. The van der Waals surface area contributed by atoms with Crippen LogP contribution in [0.15, 0.2) is 18.2 Å². The van der Waals surface area contributed by atoms with Crippen molar-refractivity contribution in [3.8, 4) is 11.6 Å². The maximum atomic E-state index is 14.3. The first-order chi connectivity index (χ1) is 18.6. The van der Waals surface area contributed by atoms with Gasteiger partial charge >= 0.3 is 18.3 Å². The number of ether oxygens (including phenoxy) is 5. The van der Waals surface area contributed by atoms with Crippen molar-refractivity contribution < 1.29 is 66.5 Å². The molecule has 0 amide bonds. The number of carbonyl (C=O) groups is 1. The molecule has 2 heterocycles. The van der Waals surface area contributed by atoms with E-state index in [2.05, 4.69) is 9.84 Å². The highest BCUT2D eigenvalue weighted by atomic mass is 19.4. The first kappa shape index (κ1) is 31.3. The Bertz CT molecular complexity index is 1190. The number of hydrogen-bond acceptors (Lipinski definition) is 11. The fraction of sp³-hybridized carbons (Fsp3) is 0.583. The van der Waals surface area contributed by atoms with Gasteiger partial charge in [0.05, 0.1) is 19.3 Å². The van der Waals surface area contributed by atoms with E-state index in [0.29, 0.717) is 4.68 Å². The summed E-state index contributed by atoms with van der Waals surface area (Å²) in [7, 11) is 1.21. The van der Waals surface area contributed by atoms with Crippen molar-refractivity contribution in [2.24, 2.45) is 0 Å². The number of aliphatic hydroxyl groups excluding tert-OH is 3. The van der Waals surface area contributed by atoms with Crippen LogP contribution in [0.5, 0.6) is 11.6 Å². The molecule has 1 aromatic heterocycles. The lowest BCUT2D eigenvalue weighted by molar-refractivity contribution is -0.423. The van der Waals surface area contributed by atoms with Crippen LogP contribution in [0.1, 0.15) is 43.6 Å². The molecule has 4 N–H and O–H groups in total. The average molecular weight is 583 g/mol. The second-order valence-corrected chi connectivity index (χ2v) is 9.12. The summed E-state index contributed by atoms with van der Waals surface area (Å²) in [4.78, 5) is 11.5. The predicted molar refractivity (Wildman–Crippen MR) is 125 cm³/mol. The SMILES string of the molecule is CCOC(=O)OC[C@H]1O[C@](O)(Oc2nn(C(C)C)c(C(F)(F)F)c2Cc2ccc(OC)c(F)c2)[C@H](O)[C@@H](O)[C@@H]1O. The molecule has 1 fully saturated rings. The van der Waals surface area contributed by atoms with Gasteiger partial charge in [0, 0.05) is 12.5 Å². The van der Waals surface area contributed by atoms with Crippen molar-refractivity contribution >= 4 is 6.16 Å². The molecule has 1 aromatic carbocycles. The van der Waals surface area contributed by atoms with E-state index >= 15 is 0 Å². The number of carbonyl (C=O) groups excluding carboxylic acids is 1. The zero-order valence-electron chi connectivity index (χ0n) is 21.9. The number of nitrogens with zero attached hydrogens (tertiary/aromatic N) is 2. The second-order valence-electron chi connectivity index (χ2n) is 9.12. The van der Waals surface area contributed by atoms with Crippen molar-refractivity contribution in [3.05, 3.63) is 40.8 Å². The van der Waals surface area contributed by atoms with E-state index < -0.39 is 84.7 Å². The normalized spacial score (nSPS) is 25.1. The molecule has 0 saturated carbocycles.